The van der Waals surface area contributed by atoms with Crippen molar-refractivity contribution in [1.82, 2.24) is 0 Å². The van der Waals surface area contributed by atoms with Crippen LogP contribution in [0.25, 0.3) is 0 Å². The fraction of sp³-hybridized carbons (Fsp3) is 0.500. The summed E-state index contributed by atoms with van der Waals surface area (Å²) in [7, 11) is -0.563. The van der Waals surface area contributed by atoms with Crippen molar-refractivity contribution in [2.24, 2.45) is 0 Å². The van der Waals surface area contributed by atoms with E-state index in [1.54, 1.807) is 7.11 Å². The molecule has 1 aliphatic heterocycles. The maximum absolute atomic E-state index is 13.8. The van der Waals surface area contributed by atoms with Crippen LogP contribution < -0.4 is 10.1 Å². The SMILES string of the molecule is CCCC(C(=O)Nc1c(C)cc(OC)cc1C)[PH]1(CC(=O)OCc2ccccc2)CCCCC1. The van der Waals surface area contributed by atoms with E-state index in [0.29, 0.717) is 12.8 Å². The van der Waals surface area contributed by atoms with Gasteiger partial charge in [-0.2, -0.15) is 0 Å². The zero-order valence-corrected chi connectivity index (χ0v) is 22.1. The molecule has 1 atom stereocenters. The first kappa shape index (κ1) is 26.2. The van der Waals surface area contributed by atoms with E-state index in [4.69, 9.17) is 9.47 Å². The molecular formula is C28H40NO4P. The average molecular weight is 486 g/mol. The number of nitrogens with one attached hydrogen (secondary N) is 1. The van der Waals surface area contributed by atoms with E-state index in [-0.39, 0.29) is 17.5 Å². The summed E-state index contributed by atoms with van der Waals surface area (Å²) < 4.78 is 11.1. The van der Waals surface area contributed by atoms with Crippen molar-refractivity contribution in [1.29, 1.82) is 0 Å². The van der Waals surface area contributed by atoms with E-state index in [1.807, 2.05) is 56.3 Å². The molecule has 186 valence electrons. The molecule has 0 aromatic heterocycles. The fourth-order valence-corrected chi connectivity index (χ4v) is 11.1. The molecule has 1 fully saturated rings. The third-order valence-electron chi connectivity index (χ3n) is 7.21. The predicted molar refractivity (Wildman–Crippen MR) is 143 cm³/mol. The zero-order chi connectivity index (χ0) is 24.6. The Kier molecular flexibility index (Phi) is 9.53. The Hall–Kier alpha value is -2.39. The second-order valence-electron chi connectivity index (χ2n) is 9.71. The summed E-state index contributed by atoms with van der Waals surface area (Å²) >= 11 is 0. The number of carbonyl (C=O) groups excluding carboxylic acids is 2. The number of anilines is 1. The second kappa shape index (κ2) is 12.4. The molecule has 2 aromatic carbocycles. The molecule has 1 saturated heterocycles. The third kappa shape index (κ3) is 6.60. The minimum atomic E-state index is -2.22. The molecule has 1 N–H and O–H groups in total. The molecule has 3 rings (SSSR count). The Morgan fingerprint density at radius 2 is 1.68 bits per heavy atom. The number of aryl methyl sites for hydroxylation is 2. The van der Waals surface area contributed by atoms with E-state index in [9.17, 15) is 9.59 Å². The molecule has 5 nitrogen and oxygen atoms in total. The van der Waals surface area contributed by atoms with Crippen LogP contribution in [0.2, 0.25) is 0 Å². The van der Waals surface area contributed by atoms with Gasteiger partial charge in [-0.1, -0.05) is 0 Å². The van der Waals surface area contributed by atoms with Crippen molar-refractivity contribution in [2.75, 3.05) is 30.9 Å². The molecule has 1 heterocycles. The molecule has 34 heavy (non-hydrogen) atoms. The van der Waals surface area contributed by atoms with E-state index < -0.39 is 7.26 Å². The van der Waals surface area contributed by atoms with Gasteiger partial charge in [0.2, 0.25) is 0 Å². The number of esters is 1. The molecule has 6 heteroatoms. The van der Waals surface area contributed by atoms with Crippen LogP contribution in [0.5, 0.6) is 5.75 Å². The van der Waals surface area contributed by atoms with Crippen LogP contribution in [0.4, 0.5) is 5.69 Å². The topological polar surface area (TPSA) is 64.6 Å². The van der Waals surface area contributed by atoms with Crippen LogP contribution in [0.3, 0.4) is 0 Å². The minimum absolute atomic E-state index is 0.0719. The number of hydrogen-bond acceptors (Lipinski definition) is 4. The summed E-state index contributed by atoms with van der Waals surface area (Å²) in [4.78, 5) is 26.8. The first-order valence-corrected chi connectivity index (χ1v) is 15.2. The molecule has 1 amide bonds. The standard InChI is InChI=1S/C28H40NO4P/c1-5-12-25(28(31)29-27-21(2)17-24(32-4)18-22(27)3)34(15-10-7-11-16-34)20-26(30)33-19-23-13-8-6-9-14-23/h6,8-9,13-14,17-18,25,34H,5,7,10-12,15-16,19-20H2,1-4H3,(H,29,31). The number of hydrogen-bond donors (Lipinski definition) is 1. The number of amides is 1. The Balaban J connectivity index is 1.80. The van der Waals surface area contributed by atoms with Crippen molar-refractivity contribution in [3.63, 3.8) is 0 Å². The monoisotopic (exact) mass is 485 g/mol. The van der Waals surface area contributed by atoms with Crippen LogP contribution in [0.1, 0.15) is 55.7 Å². The van der Waals surface area contributed by atoms with E-state index in [0.717, 1.165) is 66.1 Å². The number of benzene rings is 2. The predicted octanol–water partition coefficient (Wildman–Crippen LogP) is 6.10. The Bertz CT molecular complexity index is 947. The van der Waals surface area contributed by atoms with Crippen molar-refractivity contribution >= 4 is 24.8 Å². The normalized spacial score (nSPS) is 16.8. The Morgan fingerprint density at radius 1 is 1.03 bits per heavy atom. The number of rotatable bonds is 10. The molecule has 0 radical (unpaired) electrons. The van der Waals surface area contributed by atoms with Gasteiger partial charge in [0.25, 0.3) is 0 Å². The summed E-state index contributed by atoms with van der Waals surface area (Å²) in [5.41, 5.74) is 3.73. The van der Waals surface area contributed by atoms with Gasteiger partial charge in [0.05, 0.1) is 0 Å². The molecule has 0 saturated carbocycles. The summed E-state index contributed by atoms with van der Waals surface area (Å²) in [6.07, 6.45) is 7.60. The van der Waals surface area contributed by atoms with Crippen molar-refractivity contribution < 1.29 is 19.1 Å². The Morgan fingerprint density at radius 3 is 2.26 bits per heavy atom. The van der Waals surface area contributed by atoms with E-state index in [1.165, 1.54) is 6.42 Å². The summed E-state index contributed by atoms with van der Waals surface area (Å²) in [6.45, 7) is 6.41. The summed E-state index contributed by atoms with van der Waals surface area (Å²) in [6, 6.07) is 13.7. The van der Waals surface area contributed by atoms with E-state index >= 15 is 0 Å². The van der Waals surface area contributed by atoms with Gasteiger partial charge in [0, 0.05) is 0 Å². The molecule has 1 unspecified atom stereocenters. The van der Waals surface area contributed by atoms with Gasteiger partial charge in [0.1, 0.15) is 0 Å². The van der Waals surface area contributed by atoms with Gasteiger partial charge >= 0.3 is 205 Å². The van der Waals surface area contributed by atoms with Gasteiger partial charge in [0.15, 0.2) is 0 Å². The van der Waals surface area contributed by atoms with Gasteiger partial charge in [-0.25, -0.2) is 0 Å². The Labute approximate surface area is 205 Å². The van der Waals surface area contributed by atoms with Gasteiger partial charge in [-0.05, 0) is 0 Å². The molecule has 0 spiro atoms. The number of ether oxygens (including phenoxy) is 2. The number of methoxy groups -OCH3 is 1. The van der Waals surface area contributed by atoms with Crippen LogP contribution >= 0.6 is 7.26 Å². The van der Waals surface area contributed by atoms with Gasteiger partial charge in [-0.15, -0.1) is 0 Å². The molecule has 2 aromatic rings. The van der Waals surface area contributed by atoms with Crippen molar-refractivity contribution in [3.05, 3.63) is 59.2 Å². The fourth-order valence-electron chi connectivity index (χ4n) is 5.43. The number of carbonyl (C=O) groups is 2. The van der Waals surface area contributed by atoms with Crippen molar-refractivity contribution in [3.8, 4) is 5.75 Å². The van der Waals surface area contributed by atoms with Crippen LogP contribution in [0, 0.1) is 13.8 Å². The molecule has 1 aliphatic rings. The first-order chi connectivity index (χ1) is 16.4. The third-order valence-corrected chi connectivity index (χ3v) is 12.9. The maximum atomic E-state index is 13.8. The van der Waals surface area contributed by atoms with Gasteiger partial charge in [-0.3, -0.25) is 0 Å². The summed E-state index contributed by atoms with van der Waals surface area (Å²) in [5.74, 6) is 0.711. The molecule has 0 aliphatic carbocycles. The van der Waals surface area contributed by atoms with Crippen LogP contribution in [-0.4, -0.2) is 43.1 Å². The van der Waals surface area contributed by atoms with Crippen molar-refractivity contribution in [2.45, 2.75) is 65.1 Å². The molecular weight excluding hydrogens is 445 g/mol. The van der Waals surface area contributed by atoms with Gasteiger partial charge < -0.3 is 0 Å². The second-order valence-corrected chi connectivity index (χ2v) is 14.5. The zero-order valence-electron chi connectivity index (χ0n) is 21.1. The average Bonchev–Trinajstić information content (AvgIpc) is 2.84. The summed E-state index contributed by atoms with van der Waals surface area (Å²) in [5, 5.41) is 3.26. The van der Waals surface area contributed by atoms with Crippen LogP contribution in [0.15, 0.2) is 42.5 Å². The quantitative estimate of drug-likeness (QED) is 0.326. The first-order valence-electron chi connectivity index (χ1n) is 12.5. The van der Waals surface area contributed by atoms with E-state index in [2.05, 4.69) is 12.2 Å². The van der Waals surface area contributed by atoms with Crippen LogP contribution in [-0.2, 0) is 20.9 Å². The molecule has 0 bridgehead atoms.